The molecule has 1 aliphatic rings. The lowest BCUT2D eigenvalue weighted by Crippen LogP contribution is -2.39. The Balaban J connectivity index is 2.35. The van der Waals surface area contributed by atoms with E-state index < -0.39 is 0 Å². The number of rotatable bonds is 3. The van der Waals surface area contributed by atoms with Crippen molar-refractivity contribution in [3.05, 3.63) is 0 Å². The molecular formula is C10H16ClNO2. The third-order valence-electron chi connectivity index (χ3n) is 2.73. The van der Waals surface area contributed by atoms with Crippen molar-refractivity contribution in [1.29, 1.82) is 0 Å². The average molecular weight is 218 g/mol. The third kappa shape index (κ3) is 2.98. The van der Waals surface area contributed by atoms with Crippen molar-refractivity contribution in [2.75, 3.05) is 19.0 Å². The van der Waals surface area contributed by atoms with Gasteiger partial charge >= 0.3 is 0 Å². The van der Waals surface area contributed by atoms with E-state index in [1.165, 1.54) is 0 Å². The first-order chi connectivity index (χ1) is 6.65. The smallest absolute Gasteiger partial charge is 0.223 e. The molecular weight excluding hydrogens is 202 g/mol. The molecule has 0 spiro atoms. The summed E-state index contributed by atoms with van der Waals surface area (Å²) in [4.78, 5) is 24.3. The molecule has 0 aliphatic carbocycles. The highest BCUT2D eigenvalue weighted by molar-refractivity contribution is 6.18. The Morgan fingerprint density at radius 2 is 1.93 bits per heavy atom. The molecule has 0 aromatic rings. The van der Waals surface area contributed by atoms with Crippen LogP contribution in [0.1, 0.15) is 26.2 Å². The molecule has 0 aromatic heterocycles. The molecule has 0 radical (unpaired) electrons. The molecule has 0 unspecified atom stereocenters. The molecule has 80 valence electrons. The molecule has 0 aromatic carbocycles. The van der Waals surface area contributed by atoms with Gasteiger partial charge in [0.15, 0.2) is 0 Å². The third-order valence-corrected chi connectivity index (χ3v) is 2.92. The number of halogens is 1. The molecule has 4 heteroatoms. The molecule has 0 saturated carbocycles. The summed E-state index contributed by atoms with van der Waals surface area (Å²) in [5.74, 6) is 0.900. The van der Waals surface area contributed by atoms with Crippen molar-refractivity contribution in [2.45, 2.75) is 26.2 Å². The molecule has 1 heterocycles. The van der Waals surface area contributed by atoms with E-state index in [1.54, 1.807) is 6.92 Å². The predicted molar refractivity (Wildman–Crippen MR) is 55.3 cm³/mol. The van der Waals surface area contributed by atoms with E-state index in [0.29, 0.717) is 25.4 Å². The van der Waals surface area contributed by atoms with Crippen LogP contribution >= 0.6 is 11.6 Å². The predicted octanol–water partition coefficient (Wildman–Crippen LogP) is 1.44. The number of hydrogen-bond acceptors (Lipinski definition) is 2. The zero-order valence-electron chi connectivity index (χ0n) is 8.46. The van der Waals surface area contributed by atoms with Gasteiger partial charge in [-0.3, -0.25) is 9.59 Å². The summed E-state index contributed by atoms with van der Waals surface area (Å²) in [6.07, 6.45) is 2.03. The van der Waals surface area contributed by atoms with E-state index in [2.05, 4.69) is 0 Å². The van der Waals surface area contributed by atoms with Gasteiger partial charge in [-0.2, -0.15) is 0 Å². The van der Waals surface area contributed by atoms with E-state index >= 15 is 0 Å². The minimum absolute atomic E-state index is 0.113. The van der Waals surface area contributed by atoms with Crippen molar-refractivity contribution in [3.8, 4) is 0 Å². The lowest BCUT2D eigenvalue weighted by molar-refractivity contribution is -0.134. The second kappa shape index (κ2) is 5.35. The van der Waals surface area contributed by atoms with Gasteiger partial charge in [-0.05, 0) is 19.8 Å². The van der Waals surface area contributed by atoms with Crippen LogP contribution in [0.2, 0.25) is 0 Å². The molecule has 0 bridgehead atoms. The Morgan fingerprint density at radius 3 is 2.36 bits per heavy atom. The van der Waals surface area contributed by atoms with Gasteiger partial charge in [0, 0.05) is 31.3 Å². The van der Waals surface area contributed by atoms with Crippen LogP contribution in [0.5, 0.6) is 0 Å². The number of alkyl halides is 1. The van der Waals surface area contributed by atoms with Gasteiger partial charge < -0.3 is 4.90 Å². The SMILES string of the molecule is CC(=O)C1CCN(C(=O)CCCl)CC1. The van der Waals surface area contributed by atoms with Crippen LogP contribution < -0.4 is 0 Å². The summed E-state index contributed by atoms with van der Waals surface area (Å²) in [7, 11) is 0. The van der Waals surface area contributed by atoms with Crippen molar-refractivity contribution >= 4 is 23.3 Å². The number of hydrogen-bond donors (Lipinski definition) is 0. The summed E-state index contributed by atoms with van der Waals surface area (Å²) in [5, 5.41) is 0. The Kier molecular flexibility index (Phi) is 4.39. The van der Waals surface area contributed by atoms with E-state index in [9.17, 15) is 9.59 Å². The van der Waals surface area contributed by atoms with Crippen molar-refractivity contribution in [3.63, 3.8) is 0 Å². The summed E-state index contributed by atoms with van der Waals surface area (Å²) >= 11 is 5.49. The minimum Gasteiger partial charge on any atom is -0.343 e. The first kappa shape index (κ1) is 11.5. The van der Waals surface area contributed by atoms with E-state index in [-0.39, 0.29) is 17.6 Å². The Bertz CT molecular complexity index is 222. The fourth-order valence-corrected chi connectivity index (χ4v) is 1.94. The van der Waals surface area contributed by atoms with Gasteiger partial charge in [0.25, 0.3) is 0 Å². The van der Waals surface area contributed by atoms with Crippen LogP contribution in [0, 0.1) is 5.92 Å². The van der Waals surface area contributed by atoms with Crippen LogP contribution in [0.4, 0.5) is 0 Å². The van der Waals surface area contributed by atoms with Gasteiger partial charge in [-0.1, -0.05) is 0 Å². The van der Waals surface area contributed by atoms with Gasteiger partial charge in [0.1, 0.15) is 5.78 Å². The molecule has 1 aliphatic heterocycles. The van der Waals surface area contributed by atoms with Crippen molar-refractivity contribution in [2.24, 2.45) is 5.92 Å². The van der Waals surface area contributed by atoms with E-state index in [4.69, 9.17) is 11.6 Å². The highest BCUT2D eigenvalue weighted by atomic mass is 35.5. The topological polar surface area (TPSA) is 37.4 Å². The maximum absolute atomic E-state index is 11.4. The lowest BCUT2D eigenvalue weighted by atomic mass is 9.93. The van der Waals surface area contributed by atoms with Crippen LogP contribution in [-0.2, 0) is 9.59 Å². The molecule has 0 N–H and O–H groups in total. The lowest BCUT2D eigenvalue weighted by Gasteiger charge is -2.30. The fourth-order valence-electron chi connectivity index (χ4n) is 1.77. The zero-order valence-corrected chi connectivity index (χ0v) is 9.22. The highest BCUT2D eigenvalue weighted by Gasteiger charge is 2.24. The molecule has 1 saturated heterocycles. The number of likely N-dealkylation sites (tertiary alicyclic amines) is 1. The van der Waals surface area contributed by atoms with Gasteiger partial charge in [-0.25, -0.2) is 0 Å². The van der Waals surface area contributed by atoms with Crippen molar-refractivity contribution in [1.82, 2.24) is 4.90 Å². The number of nitrogens with zero attached hydrogens (tertiary/aromatic N) is 1. The molecule has 0 atom stereocenters. The Morgan fingerprint density at radius 1 is 1.36 bits per heavy atom. The largest absolute Gasteiger partial charge is 0.343 e. The number of ketones is 1. The number of amides is 1. The van der Waals surface area contributed by atoms with E-state index in [1.807, 2.05) is 4.90 Å². The number of carbonyl (C=O) groups is 2. The molecule has 1 rings (SSSR count). The van der Waals surface area contributed by atoms with Gasteiger partial charge in [0.05, 0.1) is 0 Å². The maximum atomic E-state index is 11.4. The number of piperidine rings is 1. The van der Waals surface area contributed by atoms with Crippen LogP contribution in [0.3, 0.4) is 0 Å². The first-order valence-electron chi connectivity index (χ1n) is 4.99. The van der Waals surface area contributed by atoms with Crippen LogP contribution in [-0.4, -0.2) is 35.6 Å². The monoisotopic (exact) mass is 217 g/mol. The fraction of sp³-hybridized carbons (Fsp3) is 0.800. The summed E-state index contributed by atoms with van der Waals surface area (Å²) in [6.45, 7) is 3.04. The zero-order chi connectivity index (χ0) is 10.6. The van der Waals surface area contributed by atoms with Crippen molar-refractivity contribution < 1.29 is 9.59 Å². The quantitative estimate of drug-likeness (QED) is 0.671. The second-order valence-electron chi connectivity index (χ2n) is 3.70. The normalized spacial score (nSPS) is 18.3. The molecule has 1 fully saturated rings. The average Bonchev–Trinajstić information content (AvgIpc) is 2.18. The molecule has 1 amide bonds. The van der Waals surface area contributed by atoms with Crippen LogP contribution in [0.25, 0.3) is 0 Å². The highest BCUT2D eigenvalue weighted by Crippen LogP contribution is 2.18. The first-order valence-corrected chi connectivity index (χ1v) is 5.52. The number of carbonyl (C=O) groups excluding carboxylic acids is 2. The van der Waals surface area contributed by atoms with Gasteiger partial charge in [0.2, 0.25) is 5.91 Å². The molecule has 3 nitrogen and oxygen atoms in total. The standard InChI is InChI=1S/C10H16ClNO2/c1-8(13)9-3-6-12(7-4-9)10(14)2-5-11/h9H,2-7H2,1H3. The summed E-state index contributed by atoms with van der Waals surface area (Å²) in [5.41, 5.74) is 0. The summed E-state index contributed by atoms with van der Waals surface area (Å²) < 4.78 is 0. The van der Waals surface area contributed by atoms with E-state index in [0.717, 1.165) is 12.8 Å². The summed E-state index contributed by atoms with van der Waals surface area (Å²) in [6, 6.07) is 0. The van der Waals surface area contributed by atoms with Crippen LogP contribution in [0.15, 0.2) is 0 Å². The maximum Gasteiger partial charge on any atom is 0.223 e. The second-order valence-corrected chi connectivity index (χ2v) is 4.08. The number of Topliss-reactive ketones (excluding diaryl/α,β-unsaturated/α-hetero) is 1. The molecule has 14 heavy (non-hydrogen) atoms. The Labute approximate surface area is 89.4 Å². The Hall–Kier alpha value is -0.570. The van der Waals surface area contributed by atoms with Gasteiger partial charge in [-0.15, -0.1) is 11.6 Å². The minimum atomic E-state index is 0.113.